The van der Waals surface area contributed by atoms with E-state index in [1.807, 2.05) is 0 Å². The summed E-state index contributed by atoms with van der Waals surface area (Å²) in [5, 5.41) is 3.30. The van der Waals surface area contributed by atoms with Crippen LogP contribution in [0.25, 0.3) is 0 Å². The summed E-state index contributed by atoms with van der Waals surface area (Å²) in [7, 11) is 0. The minimum Gasteiger partial charge on any atom is -0.397 e. The Bertz CT molecular complexity index is 377. The van der Waals surface area contributed by atoms with Crippen LogP contribution >= 0.6 is 0 Å². The molecule has 0 aliphatic heterocycles. The molecule has 4 heteroatoms. The number of hydrogen-bond donors (Lipinski definition) is 3. The first-order chi connectivity index (χ1) is 7.54. The highest BCUT2D eigenvalue weighted by Gasteiger charge is 2.06. The van der Waals surface area contributed by atoms with E-state index in [4.69, 9.17) is 11.5 Å². The molecule has 0 saturated carbocycles. The number of hydrogen-bond acceptors (Lipinski definition) is 3. The Morgan fingerprint density at radius 2 is 2.19 bits per heavy atom. The monoisotopic (exact) mass is 221 g/mol. The molecule has 0 bridgehead atoms. The Morgan fingerprint density at radius 3 is 2.69 bits per heavy atom. The summed E-state index contributed by atoms with van der Waals surface area (Å²) in [6, 6.07) is 5.44. The molecule has 5 N–H and O–H groups in total. The van der Waals surface area contributed by atoms with Crippen molar-refractivity contribution in [3.8, 4) is 0 Å². The fraction of sp³-hybridized carbons (Fsp3) is 0.417. The lowest BCUT2D eigenvalue weighted by molar-refractivity contribution is 0.100. The summed E-state index contributed by atoms with van der Waals surface area (Å²) in [4.78, 5) is 10.9. The molecule has 0 aromatic heterocycles. The van der Waals surface area contributed by atoms with Crippen molar-refractivity contribution in [1.29, 1.82) is 0 Å². The van der Waals surface area contributed by atoms with E-state index in [1.165, 1.54) is 0 Å². The first kappa shape index (κ1) is 12.4. The number of amides is 1. The molecule has 1 aromatic carbocycles. The molecule has 1 rings (SSSR count). The molecule has 0 radical (unpaired) electrons. The molecule has 0 spiro atoms. The van der Waals surface area contributed by atoms with Crippen LogP contribution in [0.15, 0.2) is 18.2 Å². The molecule has 1 unspecified atom stereocenters. The van der Waals surface area contributed by atoms with Crippen LogP contribution in [0, 0.1) is 0 Å². The van der Waals surface area contributed by atoms with Crippen LogP contribution in [0.5, 0.6) is 0 Å². The summed E-state index contributed by atoms with van der Waals surface area (Å²) in [5.41, 5.74) is 12.8. The smallest absolute Gasteiger partial charge is 0.248 e. The van der Waals surface area contributed by atoms with Gasteiger partial charge >= 0.3 is 0 Å². The van der Waals surface area contributed by atoms with Crippen LogP contribution in [0.3, 0.4) is 0 Å². The number of benzene rings is 1. The molecule has 0 aliphatic carbocycles. The van der Waals surface area contributed by atoms with Gasteiger partial charge < -0.3 is 16.8 Å². The van der Waals surface area contributed by atoms with E-state index in [-0.39, 0.29) is 0 Å². The second-order valence-corrected chi connectivity index (χ2v) is 4.00. The summed E-state index contributed by atoms with van der Waals surface area (Å²) in [5.74, 6) is -0.458. The van der Waals surface area contributed by atoms with Crippen molar-refractivity contribution in [2.45, 2.75) is 32.7 Å². The molecule has 1 atom stereocenters. The zero-order chi connectivity index (χ0) is 12.1. The van der Waals surface area contributed by atoms with Crippen molar-refractivity contribution in [1.82, 2.24) is 0 Å². The van der Waals surface area contributed by atoms with E-state index in [0.717, 1.165) is 18.5 Å². The third-order valence-electron chi connectivity index (χ3n) is 2.46. The maximum atomic E-state index is 10.9. The molecule has 0 heterocycles. The van der Waals surface area contributed by atoms with E-state index < -0.39 is 5.91 Å². The van der Waals surface area contributed by atoms with Gasteiger partial charge in [0.1, 0.15) is 0 Å². The van der Waals surface area contributed by atoms with Gasteiger partial charge in [-0.15, -0.1) is 0 Å². The number of nitrogen functional groups attached to an aromatic ring is 1. The molecule has 0 aliphatic rings. The number of nitrogens with two attached hydrogens (primary N) is 2. The average Bonchev–Trinajstić information content (AvgIpc) is 2.21. The van der Waals surface area contributed by atoms with E-state index in [0.29, 0.717) is 17.3 Å². The van der Waals surface area contributed by atoms with Gasteiger partial charge in [0.2, 0.25) is 5.91 Å². The molecule has 88 valence electrons. The summed E-state index contributed by atoms with van der Waals surface area (Å²) < 4.78 is 0. The van der Waals surface area contributed by atoms with E-state index in [2.05, 4.69) is 19.2 Å². The quantitative estimate of drug-likeness (QED) is 0.665. The van der Waals surface area contributed by atoms with Gasteiger partial charge in [0.25, 0.3) is 0 Å². The predicted molar refractivity (Wildman–Crippen MR) is 67.4 cm³/mol. The summed E-state index contributed by atoms with van der Waals surface area (Å²) in [6.45, 7) is 4.24. The van der Waals surface area contributed by atoms with Crippen molar-refractivity contribution >= 4 is 17.3 Å². The highest BCUT2D eigenvalue weighted by Crippen LogP contribution is 2.21. The molecule has 4 nitrogen and oxygen atoms in total. The van der Waals surface area contributed by atoms with Gasteiger partial charge in [-0.2, -0.15) is 0 Å². The molecule has 0 saturated heterocycles. The average molecular weight is 221 g/mol. The van der Waals surface area contributed by atoms with Crippen LogP contribution < -0.4 is 16.8 Å². The van der Waals surface area contributed by atoms with Gasteiger partial charge in [-0.1, -0.05) is 13.3 Å². The Morgan fingerprint density at radius 1 is 1.50 bits per heavy atom. The van der Waals surface area contributed by atoms with E-state index in [1.54, 1.807) is 18.2 Å². The van der Waals surface area contributed by atoms with Crippen molar-refractivity contribution in [2.24, 2.45) is 5.73 Å². The van der Waals surface area contributed by atoms with Crippen LogP contribution in [0.4, 0.5) is 11.4 Å². The second-order valence-electron chi connectivity index (χ2n) is 4.00. The number of rotatable bonds is 5. The number of nitrogens with one attached hydrogen (secondary N) is 1. The zero-order valence-electron chi connectivity index (χ0n) is 9.79. The van der Waals surface area contributed by atoms with Gasteiger partial charge in [-0.05, 0) is 31.5 Å². The number of carbonyl (C=O) groups is 1. The predicted octanol–water partition coefficient (Wildman–Crippen LogP) is 1.97. The Kier molecular flexibility index (Phi) is 4.17. The standard InChI is InChI=1S/C12H19N3O/c1-3-4-8(2)15-11-6-5-9(12(14)16)7-10(11)13/h5-8,15H,3-4,13H2,1-2H3,(H2,14,16). The van der Waals surface area contributed by atoms with Crippen molar-refractivity contribution in [3.63, 3.8) is 0 Å². The Hall–Kier alpha value is -1.71. The van der Waals surface area contributed by atoms with Crippen molar-refractivity contribution in [2.75, 3.05) is 11.1 Å². The topological polar surface area (TPSA) is 81.1 Å². The largest absolute Gasteiger partial charge is 0.397 e. The summed E-state index contributed by atoms with van der Waals surface area (Å²) >= 11 is 0. The maximum Gasteiger partial charge on any atom is 0.248 e. The highest BCUT2D eigenvalue weighted by atomic mass is 16.1. The number of primary amides is 1. The lowest BCUT2D eigenvalue weighted by atomic mass is 10.1. The van der Waals surface area contributed by atoms with Gasteiger partial charge in [-0.25, -0.2) is 0 Å². The number of carbonyl (C=O) groups excluding carboxylic acids is 1. The van der Waals surface area contributed by atoms with Crippen LogP contribution in [-0.2, 0) is 0 Å². The normalized spacial score (nSPS) is 12.1. The van der Waals surface area contributed by atoms with E-state index >= 15 is 0 Å². The third kappa shape index (κ3) is 3.15. The summed E-state index contributed by atoms with van der Waals surface area (Å²) in [6.07, 6.45) is 2.20. The minimum absolute atomic E-state index is 0.367. The van der Waals surface area contributed by atoms with Gasteiger partial charge in [-0.3, -0.25) is 4.79 Å². The van der Waals surface area contributed by atoms with Crippen LogP contribution in [0.1, 0.15) is 37.0 Å². The minimum atomic E-state index is -0.458. The molecule has 0 fully saturated rings. The fourth-order valence-electron chi connectivity index (χ4n) is 1.62. The second kappa shape index (κ2) is 5.39. The third-order valence-corrected chi connectivity index (χ3v) is 2.46. The van der Waals surface area contributed by atoms with Crippen molar-refractivity contribution in [3.05, 3.63) is 23.8 Å². The molecular weight excluding hydrogens is 202 g/mol. The molecular formula is C12H19N3O. The Balaban J connectivity index is 2.79. The van der Waals surface area contributed by atoms with Gasteiger partial charge in [0.05, 0.1) is 11.4 Å². The zero-order valence-corrected chi connectivity index (χ0v) is 9.79. The molecule has 16 heavy (non-hydrogen) atoms. The van der Waals surface area contributed by atoms with E-state index in [9.17, 15) is 4.79 Å². The van der Waals surface area contributed by atoms with Crippen molar-refractivity contribution < 1.29 is 4.79 Å². The SMILES string of the molecule is CCCC(C)Nc1ccc(C(N)=O)cc1N. The van der Waals surface area contributed by atoms with Gasteiger partial charge in [0, 0.05) is 11.6 Å². The lowest BCUT2D eigenvalue weighted by Gasteiger charge is -2.16. The Labute approximate surface area is 96.0 Å². The first-order valence-electron chi connectivity index (χ1n) is 5.50. The molecule has 1 amide bonds. The number of anilines is 2. The lowest BCUT2D eigenvalue weighted by Crippen LogP contribution is -2.16. The fourth-order valence-corrected chi connectivity index (χ4v) is 1.62. The molecule has 1 aromatic rings. The van der Waals surface area contributed by atoms with Crippen LogP contribution in [0.2, 0.25) is 0 Å². The first-order valence-corrected chi connectivity index (χ1v) is 5.50. The van der Waals surface area contributed by atoms with Crippen LogP contribution in [-0.4, -0.2) is 11.9 Å². The van der Waals surface area contributed by atoms with Gasteiger partial charge in [0.15, 0.2) is 0 Å². The highest BCUT2D eigenvalue weighted by molar-refractivity contribution is 5.94. The maximum absolute atomic E-state index is 10.9.